The van der Waals surface area contributed by atoms with Crippen LogP contribution in [0.3, 0.4) is 0 Å². The van der Waals surface area contributed by atoms with Crippen molar-refractivity contribution in [3.05, 3.63) is 0 Å². The van der Waals surface area contributed by atoms with Gasteiger partial charge in [0.15, 0.2) is 0 Å². The SMILES string of the molecule is CCC1(C(=O)N2CCC(CNC)C2)CCC1. The van der Waals surface area contributed by atoms with E-state index in [0.29, 0.717) is 11.8 Å². The predicted molar refractivity (Wildman–Crippen MR) is 65.2 cm³/mol. The molecular weight excluding hydrogens is 200 g/mol. The molecule has 1 heterocycles. The van der Waals surface area contributed by atoms with Crippen LogP contribution >= 0.6 is 0 Å². The van der Waals surface area contributed by atoms with Crippen LogP contribution in [0.25, 0.3) is 0 Å². The first-order valence-corrected chi connectivity index (χ1v) is 6.66. The van der Waals surface area contributed by atoms with Crippen LogP contribution in [-0.2, 0) is 4.79 Å². The highest BCUT2D eigenvalue weighted by molar-refractivity contribution is 5.83. The van der Waals surface area contributed by atoms with Crippen LogP contribution < -0.4 is 5.32 Å². The second-order valence-electron chi connectivity index (χ2n) is 5.45. The van der Waals surface area contributed by atoms with E-state index in [1.54, 1.807) is 0 Å². The number of likely N-dealkylation sites (tertiary alicyclic amines) is 1. The van der Waals surface area contributed by atoms with Crippen LogP contribution in [0.5, 0.6) is 0 Å². The average Bonchev–Trinajstić information content (AvgIpc) is 2.66. The number of hydrogen-bond donors (Lipinski definition) is 1. The molecule has 1 aliphatic carbocycles. The van der Waals surface area contributed by atoms with Crippen LogP contribution in [0.15, 0.2) is 0 Å². The molecular formula is C13H24N2O. The summed E-state index contributed by atoms with van der Waals surface area (Å²) in [6.45, 7) is 5.16. The van der Waals surface area contributed by atoms with Crippen molar-refractivity contribution in [1.29, 1.82) is 0 Å². The van der Waals surface area contributed by atoms with Crippen molar-refractivity contribution >= 4 is 5.91 Å². The molecule has 1 N–H and O–H groups in total. The maximum atomic E-state index is 12.4. The van der Waals surface area contributed by atoms with E-state index in [4.69, 9.17) is 0 Å². The fourth-order valence-corrected chi connectivity index (χ4v) is 3.13. The Morgan fingerprint density at radius 1 is 1.50 bits per heavy atom. The summed E-state index contributed by atoms with van der Waals surface area (Å²) in [6.07, 6.45) is 5.68. The van der Waals surface area contributed by atoms with E-state index < -0.39 is 0 Å². The van der Waals surface area contributed by atoms with Gasteiger partial charge >= 0.3 is 0 Å². The van der Waals surface area contributed by atoms with Gasteiger partial charge in [0.1, 0.15) is 0 Å². The van der Waals surface area contributed by atoms with Crippen molar-refractivity contribution in [2.75, 3.05) is 26.7 Å². The summed E-state index contributed by atoms with van der Waals surface area (Å²) in [4.78, 5) is 14.6. The number of nitrogens with zero attached hydrogens (tertiary/aromatic N) is 1. The lowest BCUT2D eigenvalue weighted by Crippen LogP contribution is -2.46. The van der Waals surface area contributed by atoms with Gasteiger partial charge in [0.25, 0.3) is 0 Å². The van der Waals surface area contributed by atoms with Crippen molar-refractivity contribution in [3.63, 3.8) is 0 Å². The fourth-order valence-electron chi connectivity index (χ4n) is 3.13. The third-order valence-corrected chi connectivity index (χ3v) is 4.51. The number of carbonyl (C=O) groups excluding carboxylic acids is 1. The topological polar surface area (TPSA) is 32.3 Å². The first-order valence-electron chi connectivity index (χ1n) is 6.66. The normalized spacial score (nSPS) is 27.9. The van der Waals surface area contributed by atoms with Crippen LogP contribution in [0.2, 0.25) is 0 Å². The average molecular weight is 224 g/mol. The van der Waals surface area contributed by atoms with Crippen LogP contribution in [0, 0.1) is 11.3 Å². The Morgan fingerprint density at radius 3 is 2.75 bits per heavy atom. The van der Waals surface area contributed by atoms with Gasteiger partial charge in [0, 0.05) is 18.5 Å². The number of nitrogens with one attached hydrogen (secondary N) is 1. The van der Waals surface area contributed by atoms with Crippen molar-refractivity contribution in [1.82, 2.24) is 10.2 Å². The van der Waals surface area contributed by atoms with Crippen molar-refractivity contribution in [3.8, 4) is 0 Å². The summed E-state index contributed by atoms with van der Waals surface area (Å²) in [5.41, 5.74) is 0.0362. The molecule has 0 spiro atoms. The highest BCUT2D eigenvalue weighted by Crippen LogP contribution is 2.45. The van der Waals surface area contributed by atoms with E-state index in [1.165, 1.54) is 12.8 Å². The summed E-state index contributed by atoms with van der Waals surface area (Å²) < 4.78 is 0. The van der Waals surface area contributed by atoms with Crippen molar-refractivity contribution < 1.29 is 4.79 Å². The van der Waals surface area contributed by atoms with Gasteiger partial charge in [-0.1, -0.05) is 13.3 Å². The minimum absolute atomic E-state index is 0.0362. The highest BCUT2D eigenvalue weighted by atomic mass is 16.2. The largest absolute Gasteiger partial charge is 0.342 e. The molecule has 0 aromatic carbocycles. The van der Waals surface area contributed by atoms with E-state index in [9.17, 15) is 4.79 Å². The van der Waals surface area contributed by atoms with Gasteiger partial charge in [0.2, 0.25) is 5.91 Å². The summed E-state index contributed by atoms with van der Waals surface area (Å²) in [7, 11) is 1.99. The Morgan fingerprint density at radius 2 is 2.25 bits per heavy atom. The molecule has 0 aromatic rings. The summed E-state index contributed by atoms with van der Waals surface area (Å²) in [6, 6.07) is 0. The van der Waals surface area contributed by atoms with Crippen molar-refractivity contribution in [2.45, 2.75) is 39.0 Å². The van der Waals surface area contributed by atoms with E-state index in [-0.39, 0.29) is 5.41 Å². The van der Waals surface area contributed by atoms with Gasteiger partial charge in [-0.15, -0.1) is 0 Å². The Balaban J connectivity index is 1.91. The number of rotatable bonds is 4. The summed E-state index contributed by atoms with van der Waals surface area (Å²) >= 11 is 0. The van der Waals surface area contributed by atoms with E-state index in [1.807, 2.05) is 7.05 Å². The zero-order valence-corrected chi connectivity index (χ0v) is 10.6. The first-order chi connectivity index (χ1) is 7.72. The van der Waals surface area contributed by atoms with Gasteiger partial charge in [0.05, 0.1) is 0 Å². The minimum atomic E-state index is 0.0362. The first kappa shape index (κ1) is 11.9. The molecule has 2 aliphatic rings. The summed E-state index contributed by atoms with van der Waals surface area (Å²) in [5, 5.41) is 3.21. The maximum absolute atomic E-state index is 12.4. The number of amides is 1. The lowest BCUT2D eigenvalue weighted by Gasteiger charge is -2.42. The Bertz CT molecular complexity index is 255. The molecule has 0 aromatic heterocycles. The van der Waals surface area contributed by atoms with Gasteiger partial charge in [-0.05, 0) is 45.2 Å². The number of hydrogen-bond acceptors (Lipinski definition) is 2. The summed E-state index contributed by atoms with van der Waals surface area (Å²) in [5.74, 6) is 1.11. The molecule has 92 valence electrons. The third kappa shape index (κ3) is 1.97. The molecule has 3 nitrogen and oxygen atoms in total. The van der Waals surface area contributed by atoms with Gasteiger partial charge in [-0.2, -0.15) is 0 Å². The minimum Gasteiger partial charge on any atom is -0.342 e. The molecule has 0 bridgehead atoms. The Labute approximate surface area is 98.6 Å². The van der Waals surface area contributed by atoms with Crippen LogP contribution in [0.4, 0.5) is 0 Å². The molecule has 1 unspecified atom stereocenters. The van der Waals surface area contributed by atoms with Crippen molar-refractivity contribution in [2.24, 2.45) is 11.3 Å². The zero-order valence-electron chi connectivity index (χ0n) is 10.6. The van der Waals surface area contributed by atoms with Crippen LogP contribution in [0.1, 0.15) is 39.0 Å². The molecule has 2 fully saturated rings. The standard InChI is InChI=1S/C13H24N2O/c1-3-13(6-4-7-13)12(16)15-8-5-11(10-15)9-14-2/h11,14H,3-10H2,1-2H3. The third-order valence-electron chi connectivity index (χ3n) is 4.51. The van der Waals surface area contributed by atoms with E-state index in [0.717, 1.165) is 38.9 Å². The zero-order chi connectivity index (χ0) is 11.6. The molecule has 1 aliphatic heterocycles. The molecule has 3 heteroatoms. The van der Waals surface area contributed by atoms with E-state index in [2.05, 4.69) is 17.1 Å². The van der Waals surface area contributed by atoms with Gasteiger partial charge < -0.3 is 10.2 Å². The lowest BCUT2D eigenvalue weighted by atomic mass is 9.66. The smallest absolute Gasteiger partial charge is 0.228 e. The second-order valence-corrected chi connectivity index (χ2v) is 5.45. The molecule has 2 rings (SSSR count). The molecule has 1 saturated carbocycles. The Kier molecular flexibility index (Phi) is 3.53. The monoisotopic (exact) mass is 224 g/mol. The second kappa shape index (κ2) is 4.74. The quantitative estimate of drug-likeness (QED) is 0.787. The number of carbonyl (C=O) groups is 1. The maximum Gasteiger partial charge on any atom is 0.228 e. The molecule has 1 amide bonds. The Hall–Kier alpha value is -0.570. The lowest BCUT2D eigenvalue weighted by molar-refractivity contribution is -0.146. The van der Waals surface area contributed by atoms with Gasteiger partial charge in [-0.25, -0.2) is 0 Å². The van der Waals surface area contributed by atoms with Gasteiger partial charge in [-0.3, -0.25) is 4.79 Å². The fraction of sp³-hybridized carbons (Fsp3) is 0.923. The molecule has 0 radical (unpaired) electrons. The molecule has 16 heavy (non-hydrogen) atoms. The predicted octanol–water partition coefficient (Wildman–Crippen LogP) is 1.63. The molecule has 1 saturated heterocycles. The van der Waals surface area contributed by atoms with Crippen LogP contribution in [-0.4, -0.2) is 37.5 Å². The molecule has 1 atom stereocenters. The van der Waals surface area contributed by atoms with E-state index >= 15 is 0 Å². The highest BCUT2D eigenvalue weighted by Gasteiger charge is 2.45.